The molecule has 43 heavy (non-hydrogen) atoms. The van der Waals surface area contributed by atoms with Gasteiger partial charge >= 0.3 is 0 Å². The van der Waals surface area contributed by atoms with Crippen LogP contribution < -0.4 is 15.4 Å². The number of H-pyrrole nitrogens is 1. The lowest BCUT2D eigenvalue weighted by molar-refractivity contribution is -0.125. The number of halogens is 1. The number of aromatic nitrogens is 2. The summed E-state index contributed by atoms with van der Waals surface area (Å²) in [7, 11) is 1.56. The number of aromatic amines is 1. The molecule has 9 nitrogen and oxygen atoms in total. The molecule has 0 bridgehead atoms. The van der Waals surface area contributed by atoms with Gasteiger partial charge in [0.25, 0.3) is 5.91 Å². The number of carbonyl (C=O) groups is 2. The van der Waals surface area contributed by atoms with Gasteiger partial charge in [0.2, 0.25) is 5.91 Å². The Labute approximate surface area is 256 Å². The number of hydrogen-bond acceptors (Lipinski definition) is 6. The predicted octanol–water partition coefficient (Wildman–Crippen LogP) is 4.76. The van der Waals surface area contributed by atoms with E-state index in [1.54, 1.807) is 31.6 Å². The minimum atomic E-state index is -0.173. The smallest absolute Gasteiger partial charge is 0.255 e. The minimum Gasteiger partial charge on any atom is -0.493 e. The van der Waals surface area contributed by atoms with E-state index in [0.717, 1.165) is 49.4 Å². The molecule has 3 N–H and O–H groups in total. The van der Waals surface area contributed by atoms with Gasteiger partial charge in [0.1, 0.15) is 0 Å². The van der Waals surface area contributed by atoms with E-state index in [1.165, 1.54) is 12.8 Å². The zero-order chi connectivity index (χ0) is 29.8. The highest BCUT2D eigenvalue weighted by Crippen LogP contribution is 2.41. The Morgan fingerprint density at radius 1 is 1.23 bits per heavy atom. The Hall–Kier alpha value is -4.26. The normalized spacial score (nSPS) is 18.3. The molecule has 3 aliphatic rings. The van der Waals surface area contributed by atoms with E-state index in [4.69, 9.17) is 16.3 Å². The van der Waals surface area contributed by atoms with Gasteiger partial charge in [-0.1, -0.05) is 35.6 Å². The van der Waals surface area contributed by atoms with Crippen LogP contribution in [0, 0.1) is 11.8 Å². The monoisotopic (exact) mass is 598 g/mol. The Kier molecular flexibility index (Phi) is 8.68. The summed E-state index contributed by atoms with van der Waals surface area (Å²) in [4.78, 5) is 38.2. The summed E-state index contributed by atoms with van der Waals surface area (Å²) >= 11 is 6.41. The summed E-state index contributed by atoms with van der Waals surface area (Å²) in [6, 6.07) is 7.15. The third kappa shape index (κ3) is 6.12. The summed E-state index contributed by atoms with van der Waals surface area (Å²) in [6.07, 6.45) is 12.0. The summed E-state index contributed by atoms with van der Waals surface area (Å²) in [6.45, 7) is 4.25. The van der Waals surface area contributed by atoms with Crippen molar-refractivity contribution in [1.82, 2.24) is 25.1 Å². The Bertz CT molecular complexity index is 1610. The number of pyridine rings is 1. The van der Waals surface area contributed by atoms with Crippen LogP contribution in [0.1, 0.15) is 47.3 Å². The van der Waals surface area contributed by atoms with Crippen LogP contribution in [0.5, 0.6) is 5.75 Å². The quantitative estimate of drug-likeness (QED) is 0.268. The van der Waals surface area contributed by atoms with Gasteiger partial charge in [0.15, 0.2) is 5.75 Å². The van der Waals surface area contributed by atoms with E-state index in [-0.39, 0.29) is 17.9 Å². The summed E-state index contributed by atoms with van der Waals surface area (Å²) in [5.74, 6) is 7.01. The van der Waals surface area contributed by atoms with Gasteiger partial charge in [-0.15, -0.1) is 0 Å². The van der Waals surface area contributed by atoms with Crippen molar-refractivity contribution in [3.63, 3.8) is 0 Å². The number of benzene rings is 1. The molecule has 6 rings (SSSR count). The minimum absolute atomic E-state index is 0.00687. The Balaban J connectivity index is 1.31. The maximum Gasteiger partial charge on any atom is 0.255 e. The van der Waals surface area contributed by atoms with Crippen LogP contribution in [-0.4, -0.2) is 77.5 Å². The molecule has 3 aromatic rings. The second-order valence-corrected chi connectivity index (χ2v) is 11.4. The van der Waals surface area contributed by atoms with Crippen molar-refractivity contribution in [2.45, 2.75) is 38.1 Å². The molecule has 2 fully saturated rings. The van der Waals surface area contributed by atoms with Crippen LogP contribution >= 0.6 is 11.6 Å². The molecule has 0 unspecified atom stereocenters. The number of nitrogens with one attached hydrogen (secondary N) is 3. The molecule has 0 radical (unpaired) electrons. The third-order valence-corrected chi connectivity index (χ3v) is 8.52. The lowest BCUT2D eigenvalue weighted by Crippen LogP contribution is -2.33. The average Bonchev–Trinajstić information content (AvgIpc) is 3.78. The lowest BCUT2D eigenvalue weighted by Gasteiger charge is -2.19. The highest BCUT2D eigenvalue weighted by Gasteiger charge is 2.29. The van der Waals surface area contributed by atoms with Crippen LogP contribution in [0.3, 0.4) is 0 Å². The first-order chi connectivity index (χ1) is 21.0. The molecule has 0 spiro atoms. The SMILES string of the molecule is COc1c(Cl)cccc1Nc1c(-c2ccncc2C#C[C@H]2CCCN2C(=O)/C=C/CN2CCCC2)[nH]c2c1C(=O)NCC2. The van der Waals surface area contributed by atoms with Crippen molar-refractivity contribution in [1.29, 1.82) is 0 Å². The summed E-state index contributed by atoms with van der Waals surface area (Å²) < 4.78 is 5.56. The number of anilines is 2. The van der Waals surface area contributed by atoms with Gasteiger partial charge in [-0.3, -0.25) is 19.5 Å². The summed E-state index contributed by atoms with van der Waals surface area (Å²) in [5, 5.41) is 6.83. The third-order valence-electron chi connectivity index (χ3n) is 8.22. The number of hydrogen-bond donors (Lipinski definition) is 3. The molecule has 1 aromatic carbocycles. The molecule has 2 aromatic heterocycles. The second-order valence-electron chi connectivity index (χ2n) is 11.0. The largest absolute Gasteiger partial charge is 0.493 e. The van der Waals surface area contributed by atoms with E-state index >= 15 is 0 Å². The standard InChI is InChI=1S/C33H35ClN6O3/c1-43-32-25(34)8-4-9-27(32)38-31-29-26(14-16-36-33(29)42)37-30(31)24-13-15-35-21-22(24)11-12-23-7-5-20-40(23)28(41)10-6-19-39-17-2-3-18-39/h4,6,8-10,13,15,21,23,37-38H,2-3,5,7,14,16-20H2,1H3,(H,36,42)/b10-6+/t23-/m1/s1. The number of para-hydroxylation sites is 1. The molecule has 0 aliphatic carbocycles. The number of nitrogens with zero attached hydrogens (tertiary/aromatic N) is 3. The van der Waals surface area contributed by atoms with E-state index in [1.807, 2.05) is 29.2 Å². The zero-order valence-corrected chi connectivity index (χ0v) is 25.0. The highest BCUT2D eigenvalue weighted by molar-refractivity contribution is 6.32. The van der Waals surface area contributed by atoms with Crippen LogP contribution in [0.2, 0.25) is 5.02 Å². The van der Waals surface area contributed by atoms with Gasteiger partial charge in [-0.05, 0) is 57.0 Å². The van der Waals surface area contributed by atoms with Crippen molar-refractivity contribution in [3.8, 4) is 28.8 Å². The molecule has 1 atom stereocenters. The first kappa shape index (κ1) is 28.8. The molecule has 5 heterocycles. The number of likely N-dealkylation sites (tertiary alicyclic amines) is 2. The molecule has 2 saturated heterocycles. The highest BCUT2D eigenvalue weighted by atomic mass is 35.5. The summed E-state index contributed by atoms with van der Waals surface area (Å²) in [5.41, 5.74) is 4.86. The van der Waals surface area contributed by atoms with E-state index < -0.39 is 0 Å². The van der Waals surface area contributed by atoms with Crippen molar-refractivity contribution in [2.75, 3.05) is 45.2 Å². The van der Waals surface area contributed by atoms with Crippen molar-refractivity contribution >= 4 is 34.8 Å². The van der Waals surface area contributed by atoms with Crippen LogP contribution in [-0.2, 0) is 11.2 Å². The molecular formula is C33H35ClN6O3. The Morgan fingerprint density at radius 3 is 2.93 bits per heavy atom. The van der Waals surface area contributed by atoms with Gasteiger partial charge in [-0.2, -0.15) is 0 Å². The zero-order valence-electron chi connectivity index (χ0n) is 24.2. The van der Waals surface area contributed by atoms with E-state index in [0.29, 0.717) is 52.8 Å². The first-order valence-corrected chi connectivity index (χ1v) is 15.2. The number of rotatable bonds is 7. The van der Waals surface area contributed by atoms with Gasteiger partial charge in [0.05, 0.1) is 46.4 Å². The number of amides is 2. The predicted molar refractivity (Wildman–Crippen MR) is 168 cm³/mol. The molecule has 3 aliphatic heterocycles. The fourth-order valence-electron chi connectivity index (χ4n) is 6.07. The molecule has 10 heteroatoms. The molecular weight excluding hydrogens is 564 g/mol. The number of fused-ring (bicyclic) bond motifs is 1. The fraction of sp³-hybridized carbons (Fsp3) is 0.364. The fourth-order valence-corrected chi connectivity index (χ4v) is 6.32. The van der Waals surface area contributed by atoms with Gasteiger partial charge in [-0.25, -0.2) is 0 Å². The van der Waals surface area contributed by atoms with Crippen LogP contribution in [0.25, 0.3) is 11.3 Å². The number of carbonyl (C=O) groups excluding carboxylic acids is 2. The topological polar surface area (TPSA) is 103 Å². The van der Waals surface area contributed by atoms with Crippen molar-refractivity contribution in [2.24, 2.45) is 0 Å². The first-order valence-electron chi connectivity index (χ1n) is 14.8. The lowest BCUT2D eigenvalue weighted by atomic mass is 10.0. The second kappa shape index (κ2) is 12.9. The average molecular weight is 599 g/mol. The van der Waals surface area contributed by atoms with Crippen LogP contribution in [0.15, 0.2) is 48.8 Å². The van der Waals surface area contributed by atoms with E-state index in [9.17, 15) is 9.59 Å². The number of ether oxygens (including phenoxy) is 1. The van der Waals surface area contributed by atoms with Gasteiger partial charge < -0.3 is 25.3 Å². The molecule has 222 valence electrons. The molecule has 2 amide bonds. The van der Waals surface area contributed by atoms with E-state index in [2.05, 4.69) is 37.3 Å². The Morgan fingerprint density at radius 2 is 2.09 bits per heavy atom. The maximum atomic E-state index is 13.1. The molecule has 0 saturated carbocycles. The maximum absolute atomic E-state index is 13.1. The van der Waals surface area contributed by atoms with Gasteiger partial charge in [0, 0.05) is 55.8 Å². The van der Waals surface area contributed by atoms with Crippen LogP contribution in [0.4, 0.5) is 11.4 Å². The van der Waals surface area contributed by atoms with Crippen molar-refractivity contribution < 1.29 is 14.3 Å². The van der Waals surface area contributed by atoms with Crippen molar-refractivity contribution in [3.05, 3.63) is 70.7 Å². The number of methoxy groups -OCH3 is 1.